The van der Waals surface area contributed by atoms with Crippen molar-refractivity contribution in [2.75, 3.05) is 0 Å². The van der Waals surface area contributed by atoms with E-state index in [1.807, 2.05) is 0 Å². The molecule has 0 atom stereocenters. The SMILES string of the molecule is O=C([O-])c1nc(Cl)c(Cl)c(N=Nc2c(O)[nH]c3ccc(F)cc23)c1Cl. The third-order valence-corrected chi connectivity index (χ3v) is 4.26. The number of halogens is 4. The number of carbonyl (C=O) groups is 1. The Hall–Kier alpha value is -2.42. The van der Waals surface area contributed by atoms with Gasteiger partial charge in [0.25, 0.3) is 0 Å². The average Bonchev–Trinajstić information content (AvgIpc) is 2.85. The molecule has 0 saturated heterocycles. The molecule has 0 bridgehead atoms. The number of pyridine rings is 1. The van der Waals surface area contributed by atoms with E-state index < -0.39 is 22.5 Å². The third-order valence-electron chi connectivity index (χ3n) is 3.17. The topological polar surface area (TPSA) is 114 Å². The van der Waals surface area contributed by atoms with Crippen molar-refractivity contribution >= 4 is 63.0 Å². The first-order chi connectivity index (χ1) is 11.8. The fraction of sp³-hybridized carbons (Fsp3) is 0. The molecule has 3 aromatic rings. The number of hydrogen-bond acceptors (Lipinski definition) is 6. The van der Waals surface area contributed by atoms with E-state index in [1.165, 1.54) is 12.1 Å². The number of hydrogen-bond donors (Lipinski definition) is 2. The Kier molecular flexibility index (Phi) is 4.51. The molecule has 0 aliphatic heterocycles. The summed E-state index contributed by atoms with van der Waals surface area (Å²) in [6, 6.07) is 3.73. The average molecular weight is 403 g/mol. The van der Waals surface area contributed by atoms with E-state index in [0.29, 0.717) is 5.52 Å². The molecule has 0 amide bonds. The lowest BCUT2D eigenvalue weighted by atomic mass is 10.2. The molecule has 1 aromatic carbocycles. The van der Waals surface area contributed by atoms with Gasteiger partial charge in [0.2, 0.25) is 5.88 Å². The van der Waals surface area contributed by atoms with E-state index in [2.05, 4.69) is 20.2 Å². The molecule has 25 heavy (non-hydrogen) atoms. The second-order valence-electron chi connectivity index (χ2n) is 4.73. The molecule has 2 N–H and O–H groups in total. The minimum absolute atomic E-state index is 0.0930. The van der Waals surface area contributed by atoms with Crippen LogP contribution in [0.4, 0.5) is 15.8 Å². The highest BCUT2D eigenvalue weighted by Gasteiger charge is 2.18. The van der Waals surface area contributed by atoms with Gasteiger partial charge in [0.15, 0.2) is 10.8 Å². The number of aromatic amines is 1. The van der Waals surface area contributed by atoms with Crippen LogP contribution in [0.1, 0.15) is 10.5 Å². The summed E-state index contributed by atoms with van der Waals surface area (Å²) in [5.41, 5.74) is -0.635. The number of carboxylic acids is 1. The summed E-state index contributed by atoms with van der Waals surface area (Å²) in [6.07, 6.45) is 0. The number of aromatic carboxylic acids is 1. The van der Waals surface area contributed by atoms with E-state index in [9.17, 15) is 19.4 Å². The molecular weight excluding hydrogens is 398 g/mol. The zero-order valence-corrected chi connectivity index (χ0v) is 14.1. The number of rotatable bonds is 3. The maximum absolute atomic E-state index is 13.4. The van der Waals surface area contributed by atoms with Crippen LogP contribution in [0.3, 0.4) is 0 Å². The first-order valence-corrected chi connectivity index (χ1v) is 7.60. The van der Waals surface area contributed by atoms with Crippen molar-refractivity contribution < 1.29 is 19.4 Å². The summed E-state index contributed by atoms with van der Waals surface area (Å²) < 4.78 is 13.4. The Morgan fingerprint density at radius 2 is 1.88 bits per heavy atom. The zero-order chi connectivity index (χ0) is 18.3. The van der Waals surface area contributed by atoms with E-state index in [1.54, 1.807) is 0 Å². The van der Waals surface area contributed by atoms with Gasteiger partial charge in [0.05, 0.1) is 16.5 Å². The molecule has 128 valence electrons. The molecule has 2 aromatic heterocycles. The summed E-state index contributed by atoms with van der Waals surface area (Å²) in [4.78, 5) is 17.1. The van der Waals surface area contributed by atoms with E-state index >= 15 is 0 Å². The van der Waals surface area contributed by atoms with Gasteiger partial charge in [-0.1, -0.05) is 34.8 Å². The zero-order valence-electron chi connectivity index (χ0n) is 11.8. The van der Waals surface area contributed by atoms with Gasteiger partial charge in [-0.2, -0.15) is 0 Å². The van der Waals surface area contributed by atoms with Gasteiger partial charge >= 0.3 is 0 Å². The monoisotopic (exact) mass is 401 g/mol. The van der Waals surface area contributed by atoms with Gasteiger partial charge in [0.1, 0.15) is 22.2 Å². The molecule has 0 saturated carbocycles. The van der Waals surface area contributed by atoms with Crippen molar-refractivity contribution in [1.82, 2.24) is 9.97 Å². The summed E-state index contributed by atoms with van der Waals surface area (Å²) in [7, 11) is 0. The number of aromatic hydroxyl groups is 1. The minimum Gasteiger partial charge on any atom is -0.543 e. The molecule has 0 unspecified atom stereocenters. The Morgan fingerprint density at radius 1 is 1.20 bits per heavy atom. The van der Waals surface area contributed by atoms with Crippen molar-refractivity contribution in [3.05, 3.63) is 44.9 Å². The van der Waals surface area contributed by atoms with Gasteiger partial charge in [-0.15, -0.1) is 10.2 Å². The van der Waals surface area contributed by atoms with E-state index in [0.717, 1.165) is 6.07 Å². The van der Waals surface area contributed by atoms with Crippen molar-refractivity contribution in [3.8, 4) is 5.88 Å². The molecule has 3 rings (SSSR count). The van der Waals surface area contributed by atoms with Crippen LogP contribution >= 0.6 is 34.8 Å². The molecule has 0 spiro atoms. The number of carbonyl (C=O) groups excluding carboxylic acids is 1. The van der Waals surface area contributed by atoms with Crippen LogP contribution < -0.4 is 5.11 Å². The first-order valence-electron chi connectivity index (χ1n) is 6.47. The molecular formula is C14H5Cl3FN4O3-. The summed E-state index contributed by atoms with van der Waals surface area (Å²) in [6.45, 7) is 0. The van der Waals surface area contributed by atoms with Crippen molar-refractivity contribution in [2.24, 2.45) is 10.2 Å². The lowest BCUT2D eigenvalue weighted by Gasteiger charge is -2.08. The normalized spacial score (nSPS) is 11.5. The lowest BCUT2D eigenvalue weighted by Crippen LogP contribution is -2.24. The predicted octanol–water partition coefficient (Wildman–Crippen LogP) is 4.15. The van der Waals surface area contributed by atoms with Crippen LogP contribution in [-0.2, 0) is 0 Å². The maximum Gasteiger partial charge on any atom is 0.218 e. The molecule has 7 nitrogen and oxygen atoms in total. The Labute approximate surface area is 153 Å². The Balaban J connectivity index is 2.17. The summed E-state index contributed by atoms with van der Waals surface area (Å²) >= 11 is 17.6. The highest BCUT2D eigenvalue weighted by atomic mass is 35.5. The van der Waals surface area contributed by atoms with Crippen LogP contribution in [0.5, 0.6) is 5.88 Å². The highest BCUT2D eigenvalue weighted by molar-refractivity contribution is 6.45. The minimum atomic E-state index is -1.68. The van der Waals surface area contributed by atoms with Crippen LogP contribution in [0.2, 0.25) is 15.2 Å². The highest BCUT2D eigenvalue weighted by Crippen LogP contribution is 2.42. The Bertz CT molecular complexity index is 1050. The van der Waals surface area contributed by atoms with Gasteiger partial charge in [-0.05, 0) is 18.2 Å². The Morgan fingerprint density at radius 3 is 2.56 bits per heavy atom. The number of H-pyrrole nitrogens is 1. The standard InChI is InChI=1S/C14H6Cl3FN4O3/c15-7-10(8(16)12(17)20-11(7)14(24)25)22-21-9-5-3-4(18)1-2-6(5)19-13(9)23/h1-3,19,23H,(H,24,25)/p-1. The van der Waals surface area contributed by atoms with Crippen molar-refractivity contribution in [3.63, 3.8) is 0 Å². The smallest absolute Gasteiger partial charge is 0.218 e. The van der Waals surface area contributed by atoms with Crippen LogP contribution in [0.25, 0.3) is 10.9 Å². The van der Waals surface area contributed by atoms with E-state index in [4.69, 9.17) is 34.8 Å². The van der Waals surface area contributed by atoms with Gasteiger partial charge in [0, 0.05) is 5.39 Å². The van der Waals surface area contributed by atoms with Gasteiger partial charge in [-0.25, -0.2) is 9.37 Å². The van der Waals surface area contributed by atoms with Crippen LogP contribution in [0.15, 0.2) is 28.4 Å². The molecule has 0 fully saturated rings. The molecule has 0 radical (unpaired) electrons. The third kappa shape index (κ3) is 3.11. The number of aromatic nitrogens is 2. The van der Waals surface area contributed by atoms with Crippen molar-refractivity contribution in [1.29, 1.82) is 0 Å². The van der Waals surface area contributed by atoms with Crippen molar-refractivity contribution in [2.45, 2.75) is 0 Å². The molecule has 0 aliphatic rings. The largest absolute Gasteiger partial charge is 0.543 e. The molecule has 0 aliphatic carbocycles. The van der Waals surface area contributed by atoms with Crippen LogP contribution in [-0.4, -0.2) is 21.0 Å². The number of azo groups is 1. The second-order valence-corrected chi connectivity index (χ2v) is 5.84. The predicted molar refractivity (Wildman–Crippen MR) is 87.7 cm³/mol. The second kappa shape index (κ2) is 6.47. The van der Waals surface area contributed by atoms with Crippen LogP contribution in [0, 0.1) is 5.82 Å². The first kappa shape index (κ1) is 17.4. The number of fused-ring (bicyclic) bond motifs is 1. The fourth-order valence-corrected chi connectivity index (χ4v) is 2.71. The molecule has 2 heterocycles. The van der Waals surface area contributed by atoms with Gasteiger partial charge in [-0.3, -0.25) is 0 Å². The fourth-order valence-electron chi connectivity index (χ4n) is 2.06. The number of nitrogens with one attached hydrogen (secondary N) is 1. The maximum atomic E-state index is 13.4. The quantitative estimate of drug-likeness (QED) is 0.506. The summed E-state index contributed by atoms with van der Waals surface area (Å²) in [5, 5.41) is 27.6. The number of carboxylic acid groups (broad SMARTS) is 1. The number of benzene rings is 1. The molecule has 11 heteroatoms. The van der Waals surface area contributed by atoms with E-state index in [-0.39, 0.29) is 32.8 Å². The lowest BCUT2D eigenvalue weighted by molar-refractivity contribution is -0.255. The van der Waals surface area contributed by atoms with Gasteiger partial charge < -0.3 is 20.0 Å². The summed E-state index contributed by atoms with van der Waals surface area (Å²) in [5.74, 6) is -2.61. The number of nitrogens with zero attached hydrogens (tertiary/aromatic N) is 3.